The Labute approximate surface area is 112 Å². The highest BCUT2D eigenvalue weighted by Crippen LogP contribution is 2.19. The van der Waals surface area contributed by atoms with Gasteiger partial charge in [0.15, 0.2) is 0 Å². The molecule has 1 aromatic carbocycles. The van der Waals surface area contributed by atoms with Gasteiger partial charge in [0.25, 0.3) is 0 Å². The molecule has 0 bridgehead atoms. The lowest BCUT2D eigenvalue weighted by Gasteiger charge is -2.26. The second-order valence-corrected chi connectivity index (χ2v) is 5.19. The third kappa shape index (κ3) is 3.92. The Hall–Kier alpha value is -1.62. The van der Waals surface area contributed by atoms with Crippen LogP contribution in [0.5, 0.6) is 0 Å². The maximum Gasteiger partial charge on any atom is 0.304 e. The summed E-state index contributed by atoms with van der Waals surface area (Å²) >= 11 is 0. The number of hydrogen-bond donors (Lipinski definition) is 2. The van der Waals surface area contributed by atoms with Gasteiger partial charge in [0.2, 0.25) is 0 Å². The summed E-state index contributed by atoms with van der Waals surface area (Å²) in [4.78, 5) is 13.0. The van der Waals surface area contributed by atoms with Crippen LogP contribution in [0.15, 0.2) is 24.3 Å². The molecule has 104 valence electrons. The highest BCUT2D eigenvalue weighted by molar-refractivity contribution is 5.67. The molecule has 5 heteroatoms. The average molecular weight is 266 g/mol. The summed E-state index contributed by atoms with van der Waals surface area (Å²) in [5.74, 6) is -0.637. The van der Waals surface area contributed by atoms with E-state index in [0.29, 0.717) is 12.5 Å². The molecule has 4 nitrogen and oxygen atoms in total. The van der Waals surface area contributed by atoms with E-state index >= 15 is 0 Å². The van der Waals surface area contributed by atoms with Crippen molar-refractivity contribution in [3.8, 4) is 0 Å². The normalized spacial score (nSPS) is 24.0. The number of carbonyl (C=O) groups is 1. The number of carboxylic acid groups (broad SMARTS) is 1. The number of carboxylic acids is 1. The van der Waals surface area contributed by atoms with Crippen LogP contribution in [0.3, 0.4) is 0 Å². The van der Waals surface area contributed by atoms with E-state index in [9.17, 15) is 9.18 Å². The number of rotatable bonds is 3. The van der Waals surface area contributed by atoms with E-state index in [4.69, 9.17) is 5.11 Å². The number of hydrogen-bond acceptors (Lipinski definition) is 3. The van der Waals surface area contributed by atoms with Crippen molar-refractivity contribution in [2.75, 3.05) is 24.5 Å². The lowest BCUT2D eigenvalue weighted by Crippen LogP contribution is -2.39. The number of aliphatic carboxylic acids is 1. The van der Waals surface area contributed by atoms with Gasteiger partial charge in [-0.05, 0) is 36.7 Å². The van der Waals surface area contributed by atoms with Crippen LogP contribution < -0.4 is 10.2 Å². The summed E-state index contributed by atoms with van der Waals surface area (Å²) in [6, 6.07) is 6.28. The fourth-order valence-electron chi connectivity index (χ4n) is 2.42. The lowest BCUT2D eigenvalue weighted by atomic mass is 10.1. The molecule has 19 heavy (non-hydrogen) atoms. The van der Waals surface area contributed by atoms with Crippen molar-refractivity contribution in [2.45, 2.75) is 19.4 Å². The zero-order valence-electron chi connectivity index (χ0n) is 11.0. The molecule has 1 fully saturated rings. The summed E-state index contributed by atoms with van der Waals surface area (Å²) in [5, 5.41) is 12.2. The van der Waals surface area contributed by atoms with Crippen LogP contribution in [0.2, 0.25) is 0 Å². The van der Waals surface area contributed by atoms with Gasteiger partial charge in [-0.3, -0.25) is 4.79 Å². The number of halogens is 1. The standard InChI is InChI=1S/C14H19FN2O2/c1-10-7-16-12(6-14(18)19)9-17(8-10)13-4-2-11(15)3-5-13/h2-5,10,12,16H,6-9H2,1H3,(H,18,19). The molecular formula is C14H19FN2O2. The zero-order valence-corrected chi connectivity index (χ0v) is 11.0. The van der Waals surface area contributed by atoms with Crippen molar-refractivity contribution < 1.29 is 14.3 Å². The second-order valence-electron chi connectivity index (χ2n) is 5.19. The highest BCUT2D eigenvalue weighted by Gasteiger charge is 2.23. The minimum absolute atomic E-state index is 0.0764. The van der Waals surface area contributed by atoms with Gasteiger partial charge in [-0.25, -0.2) is 4.39 Å². The molecule has 2 unspecified atom stereocenters. The van der Waals surface area contributed by atoms with Gasteiger partial charge in [-0.15, -0.1) is 0 Å². The molecule has 2 atom stereocenters. The van der Waals surface area contributed by atoms with E-state index in [1.165, 1.54) is 12.1 Å². The summed E-state index contributed by atoms with van der Waals surface area (Å²) in [7, 11) is 0. The van der Waals surface area contributed by atoms with Crippen molar-refractivity contribution in [3.05, 3.63) is 30.1 Å². The van der Waals surface area contributed by atoms with Crippen molar-refractivity contribution in [1.82, 2.24) is 5.32 Å². The van der Waals surface area contributed by atoms with E-state index < -0.39 is 5.97 Å². The topological polar surface area (TPSA) is 52.6 Å². The second kappa shape index (κ2) is 6.02. The van der Waals surface area contributed by atoms with Gasteiger partial charge in [0.1, 0.15) is 5.82 Å². The molecule has 0 aliphatic carbocycles. The molecule has 1 aliphatic heterocycles. The monoisotopic (exact) mass is 266 g/mol. The van der Waals surface area contributed by atoms with E-state index in [-0.39, 0.29) is 18.3 Å². The lowest BCUT2D eigenvalue weighted by molar-refractivity contribution is -0.137. The van der Waals surface area contributed by atoms with E-state index in [1.54, 1.807) is 12.1 Å². The first-order valence-corrected chi connectivity index (χ1v) is 6.50. The fraction of sp³-hybridized carbons (Fsp3) is 0.500. The molecule has 0 aromatic heterocycles. The van der Waals surface area contributed by atoms with Crippen molar-refractivity contribution in [2.24, 2.45) is 5.92 Å². The number of anilines is 1. The van der Waals surface area contributed by atoms with Crippen LogP contribution in [-0.4, -0.2) is 36.8 Å². The molecular weight excluding hydrogens is 247 g/mol. The summed E-state index contributed by atoms with van der Waals surface area (Å²) in [6.45, 7) is 4.39. The Kier molecular flexibility index (Phi) is 4.37. The van der Waals surface area contributed by atoms with Crippen LogP contribution in [0.4, 0.5) is 10.1 Å². The molecule has 0 amide bonds. The van der Waals surface area contributed by atoms with E-state index in [1.807, 2.05) is 0 Å². The fourth-order valence-corrected chi connectivity index (χ4v) is 2.42. The Morgan fingerprint density at radius 2 is 2.11 bits per heavy atom. The molecule has 1 aliphatic rings. The van der Waals surface area contributed by atoms with Crippen molar-refractivity contribution >= 4 is 11.7 Å². The van der Waals surface area contributed by atoms with Gasteiger partial charge in [0, 0.05) is 24.8 Å². The first-order chi connectivity index (χ1) is 9.04. The summed E-state index contributed by atoms with van der Waals surface area (Å²) in [5.41, 5.74) is 0.937. The highest BCUT2D eigenvalue weighted by atomic mass is 19.1. The molecule has 1 heterocycles. The molecule has 0 radical (unpaired) electrons. The molecule has 2 N–H and O–H groups in total. The maximum absolute atomic E-state index is 13.0. The van der Waals surface area contributed by atoms with Gasteiger partial charge in [-0.2, -0.15) is 0 Å². The Morgan fingerprint density at radius 1 is 1.42 bits per heavy atom. The van der Waals surface area contributed by atoms with Gasteiger partial charge < -0.3 is 15.3 Å². The van der Waals surface area contributed by atoms with Crippen LogP contribution >= 0.6 is 0 Å². The molecule has 0 saturated carbocycles. The van der Waals surface area contributed by atoms with Crippen molar-refractivity contribution in [1.29, 1.82) is 0 Å². The van der Waals surface area contributed by atoms with E-state index in [2.05, 4.69) is 17.1 Å². The summed E-state index contributed by atoms with van der Waals surface area (Å²) in [6.07, 6.45) is 0.102. The predicted octanol–water partition coefficient (Wildman–Crippen LogP) is 1.71. The smallest absolute Gasteiger partial charge is 0.304 e. The molecule has 2 rings (SSSR count). The SMILES string of the molecule is CC1CNC(CC(=O)O)CN(c2ccc(F)cc2)C1. The van der Waals surface area contributed by atoms with Gasteiger partial charge >= 0.3 is 5.97 Å². The number of benzene rings is 1. The third-order valence-corrected chi connectivity index (χ3v) is 3.34. The van der Waals surface area contributed by atoms with Crippen LogP contribution in [0.25, 0.3) is 0 Å². The van der Waals surface area contributed by atoms with E-state index in [0.717, 1.165) is 18.8 Å². The van der Waals surface area contributed by atoms with Crippen molar-refractivity contribution in [3.63, 3.8) is 0 Å². The maximum atomic E-state index is 13.0. The molecule has 1 aromatic rings. The van der Waals surface area contributed by atoms with Crippen LogP contribution in [0, 0.1) is 11.7 Å². The minimum atomic E-state index is -0.800. The minimum Gasteiger partial charge on any atom is -0.481 e. The Morgan fingerprint density at radius 3 is 2.74 bits per heavy atom. The molecule has 0 spiro atoms. The largest absolute Gasteiger partial charge is 0.481 e. The first-order valence-electron chi connectivity index (χ1n) is 6.50. The van der Waals surface area contributed by atoms with Gasteiger partial charge in [-0.1, -0.05) is 6.92 Å². The third-order valence-electron chi connectivity index (χ3n) is 3.34. The molecule has 1 saturated heterocycles. The average Bonchev–Trinajstić information content (AvgIpc) is 2.52. The van der Waals surface area contributed by atoms with Gasteiger partial charge in [0.05, 0.1) is 6.42 Å². The quantitative estimate of drug-likeness (QED) is 0.874. The first kappa shape index (κ1) is 13.8. The predicted molar refractivity (Wildman–Crippen MR) is 71.8 cm³/mol. The zero-order chi connectivity index (χ0) is 13.8. The Bertz CT molecular complexity index is 436. The van der Waals surface area contributed by atoms with Crippen LogP contribution in [0.1, 0.15) is 13.3 Å². The number of nitrogens with one attached hydrogen (secondary N) is 1. The Balaban J connectivity index is 2.12. The van der Waals surface area contributed by atoms with Crippen LogP contribution in [-0.2, 0) is 4.79 Å². The summed E-state index contributed by atoms with van der Waals surface area (Å²) < 4.78 is 13.0. The number of nitrogens with zero attached hydrogens (tertiary/aromatic N) is 1.